The molecule has 0 aliphatic rings. The number of rotatable bonds is 2. The Morgan fingerprint density at radius 1 is 0.962 bits per heavy atom. The van der Waals surface area contributed by atoms with Gasteiger partial charge in [-0.05, 0) is 80.0 Å². The van der Waals surface area contributed by atoms with Gasteiger partial charge in [0, 0.05) is 20.7 Å². The van der Waals surface area contributed by atoms with E-state index in [1.54, 1.807) is 18.3 Å². The van der Waals surface area contributed by atoms with Crippen molar-refractivity contribution in [3.05, 3.63) is 68.6 Å². The number of halogens is 3. The minimum atomic E-state index is -0.314. The third kappa shape index (κ3) is 3.28. The molecule has 0 atom stereocenters. The van der Waals surface area contributed by atoms with Crippen molar-refractivity contribution in [3.8, 4) is 22.4 Å². The van der Waals surface area contributed by atoms with Crippen LogP contribution >= 0.6 is 38.5 Å². The molecule has 7 heteroatoms. The van der Waals surface area contributed by atoms with Crippen LogP contribution in [0.1, 0.15) is 0 Å². The van der Waals surface area contributed by atoms with Crippen molar-refractivity contribution in [2.45, 2.75) is 0 Å². The number of nitrogen functional groups attached to an aromatic ring is 1. The maximum atomic E-state index is 13.7. The first-order valence-corrected chi connectivity index (χ1v) is 9.53. The maximum absolute atomic E-state index is 13.7. The molecule has 2 heterocycles. The number of anilines is 1. The number of benzene rings is 2. The topological polar surface area (TPSA) is 64.7 Å². The van der Waals surface area contributed by atoms with Crippen molar-refractivity contribution < 1.29 is 4.39 Å². The summed E-state index contributed by atoms with van der Waals surface area (Å²) in [6.07, 6.45) is 1.65. The second-order valence-electron chi connectivity index (χ2n) is 5.66. The molecular formula is C19H11BrFIN4. The second-order valence-corrected chi connectivity index (χ2v) is 7.76. The summed E-state index contributed by atoms with van der Waals surface area (Å²) in [6, 6.07) is 14.9. The Kier molecular flexibility index (Phi) is 4.58. The van der Waals surface area contributed by atoms with Crippen LogP contribution in [0.5, 0.6) is 0 Å². The van der Waals surface area contributed by atoms with Crippen LogP contribution in [0.4, 0.5) is 10.3 Å². The summed E-state index contributed by atoms with van der Waals surface area (Å²) in [7, 11) is 0. The number of fused-ring (bicyclic) bond motifs is 1. The molecule has 4 aromatic rings. The molecular weight excluding hydrogens is 510 g/mol. The Hall–Kier alpha value is -2.13. The van der Waals surface area contributed by atoms with E-state index in [-0.39, 0.29) is 11.8 Å². The Morgan fingerprint density at radius 3 is 2.42 bits per heavy atom. The fourth-order valence-corrected chi connectivity index (χ4v) is 3.43. The molecule has 0 aliphatic heterocycles. The van der Waals surface area contributed by atoms with E-state index in [1.807, 2.05) is 30.3 Å². The molecule has 0 aliphatic carbocycles. The lowest BCUT2D eigenvalue weighted by molar-refractivity contribution is 0.621. The second kappa shape index (κ2) is 6.88. The van der Waals surface area contributed by atoms with E-state index in [2.05, 4.69) is 53.5 Å². The molecule has 26 heavy (non-hydrogen) atoms. The summed E-state index contributed by atoms with van der Waals surface area (Å²) >= 11 is 5.51. The van der Waals surface area contributed by atoms with E-state index < -0.39 is 0 Å². The molecule has 2 aromatic heterocycles. The van der Waals surface area contributed by atoms with Crippen molar-refractivity contribution in [1.82, 2.24) is 15.0 Å². The van der Waals surface area contributed by atoms with Gasteiger partial charge >= 0.3 is 0 Å². The maximum Gasteiger partial charge on any atom is 0.222 e. The van der Waals surface area contributed by atoms with Gasteiger partial charge in [0.2, 0.25) is 5.95 Å². The predicted molar refractivity (Wildman–Crippen MR) is 113 cm³/mol. The minimum Gasteiger partial charge on any atom is -0.368 e. The number of hydrogen-bond acceptors (Lipinski definition) is 4. The van der Waals surface area contributed by atoms with Gasteiger partial charge in [-0.15, -0.1) is 0 Å². The summed E-state index contributed by atoms with van der Waals surface area (Å²) in [5.74, 6) is -0.151. The number of nitrogens with zero attached hydrogens (tertiary/aromatic N) is 3. The molecule has 128 valence electrons. The molecule has 0 saturated heterocycles. The molecule has 0 amide bonds. The molecule has 0 unspecified atom stereocenters. The van der Waals surface area contributed by atoms with Crippen LogP contribution in [0.25, 0.3) is 33.4 Å². The van der Waals surface area contributed by atoms with E-state index in [4.69, 9.17) is 5.73 Å². The SMILES string of the molecule is Nc1ncc2c(-c3ccc(F)c(Br)c3)cc(-c3ccc(I)cc3)nc2n1. The van der Waals surface area contributed by atoms with E-state index in [9.17, 15) is 4.39 Å². The van der Waals surface area contributed by atoms with Crippen LogP contribution in [0.3, 0.4) is 0 Å². The molecule has 0 saturated carbocycles. The van der Waals surface area contributed by atoms with Gasteiger partial charge < -0.3 is 5.73 Å². The lowest BCUT2D eigenvalue weighted by Gasteiger charge is -2.10. The normalized spacial score (nSPS) is 11.0. The Balaban J connectivity index is 2.00. The van der Waals surface area contributed by atoms with Crippen LogP contribution in [0.2, 0.25) is 0 Å². The van der Waals surface area contributed by atoms with E-state index in [1.165, 1.54) is 6.07 Å². The zero-order valence-electron chi connectivity index (χ0n) is 13.2. The van der Waals surface area contributed by atoms with Crippen LogP contribution in [0.15, 0.2) is 59.2 Å². The van der Waals surface area contributed by atoms with Crippen molar-refractivity contribution in [3.63, 3.8) is 0 Å². The standard InChI is InChI=1S/C19H11BrFIN4/c20-15-7-11(3-6-16(15)21)13-8-17(10-1-4-12(22)5-2-10)25-18-14(13)9-24-19(23)26-18/h1-9H,(H2,23,24,25,26). The highest BCUT2D eigenvalue weighted by molar-refractivity contribution is 14.1. The van der Waals surface area contributed by atoms with Gasteiger partial charge in [0.15, 0.2) is 5.65 Å². The molecule has 0 bridgehead atoms. The summed E-state index contributed by atoms with van der Waals surface area (Å²) in [5, 5.41) is 0.756. The monoisotopic (exact) mass is 520 g/mol. The van der Waals surface area contributed by atoms with E-state index >= 15 is 0 Å². The molecule has 2 aromatic carbocycles. The third-order valence-corrected chi connectivity index (χ3v) is 5.28. The predicted octanol–water partition coefficient (Wildman–Crippen LogP) is 5.45. The van der Waals surface area contributed by atoms with Gasteiger partial charge in [-0.25, -0.2) is 14.4 Å². The van der Waals surface area contributed by atoms with Crippen LogP contribution in [0, 0.1) is 9.39 Å². The first kappa shape index (κ1) is 17.3. The Bertz CT molecular complexity index is 1130. The van der Waals surface area contributed by atoms with Gasteiger partial charge in [0.05, 0.1) is 10.2 Å². The molecule has 4 rings (SSSR count). The van der Waals surface area contributed by atoms with Gasteiger partial charge in [0.25, 0.3) is 0 Å². The average molecular weight is 521 g/mol. The van der Waals surface area contributed by atoms with Gasteiger partial charge in [0.1, 0.15) is 5.82 Å². The van der Waals surface area contributed by atoms with Gasteiger partial charge in [-0.2, -0.15) is 4.98 Å². The molecule has 4 nitrogen and oxygen atoms in total. The van der Waals surface area contributed by atoms with Crippen LogP contribution in [-0.4, -0.2) is 15.0 Å². The van der Waals surface area contributed by atoms with Crippen molar-refractivity contribution in [1.29, 1.82) is 0 Å². The van der Waals surface area contributed by atoms with Crippen molar-refractivity contribution >= 4 is 55.5 Å². The van der Waals surface area contributed by atoms with E-state index in [0.29, 0.717) is 10.1 Å². The lowest BCUT2D eigenvalue weighted by atomic mass is 10.0. The molecule has 0 radical (unpaired) electrons. The summed E-state index contributed by atoms with van der Waals surface area (Å²) in [4.78, 5) is 13.0. The highest BCUT2D eigenvalue weighted by Crippen LogP contribution is 2.33. The lowest BCUT2D eigenvalue weighted by Crippen LogP contribution is -1.98. The third-order valence-electron chi connectivity index (χ3n) is 3.96. The molecule has 2 N–H and O–H groups in total. The van der Waals surface area contributed by atoms with Crippen molar-refractivity contribution in [2.24, 2.45) is 0 Å². The molecule has 0 fully saturated rings. The fourth-order valence-electron chi connectivity index (χ4n) is 2.69. The average Bonchev–Trinajstić information content (AvgIpc) is 2.63. The number of nitrogens with two attached hydrogens (primary N) is 1. The number of aromatic nitrogens is 3. The van der Waals surface area contributed by atoms with Gasteiger partial charge in [-0.3, -0.25) is 0 Å². The largest absolute Gasteiger partial charge is 0.368 e. The smallest absolute Gasteiger partial charge is 0.222 e. The van der Waals surface area contributed by atoms with Gasteiger partial charge in [-0.1, -0.05) is 18.2 Å². The zero-order valence-corrected chi connectivity index (χ0v) is 17.0. The number of hydrogen-bond donors (Lipinski definition) is 1. The fraction of sp³-hybridized carbons (Fsp3) is 0. The Labute approximate surface area is 171 Å². The highest BCUT2D eigenvalue weighted by Gasteiger charge is 2.13. The molecule has 0 spiro atoms. The summed E-state index contributed by atoms with van der Waals surface area (Å²) in [6.45, 7) is 0. The Morgan fingerprint density at radius 2 is 1.69 bits per heavy atom. The van der Waals surface area contributed by atoms with Crippen LogP contribution < -0.4 is 5.73 Å². The highest BCUT2D eigenvalue weighted by atomic mass is 127. The number of pyridine rings is 1. The first-order valence-electron chi connectivity index (χ1n) is 7.66. The van der Waals surface area contributed by atoms with Crippen molar-refractivity contribution in [2.75, 3.05) is 5.73 Å². The first-order chi connectivity index (χ1) is 12.5. The minimum absolute atomic E-state index is 0.163. The summed E-state index contributed by atoms with van der Waals surface area (Å²) in [5.41, 5.74) is 9.68. The quantitative estimate of drug-likeness (QED) is 0.357. The zero-order chi connectivity index (χ0) is 18.3. The van der Waals surface area contributed by atoms with Crippen LogP contribution in [-0.2, 0) is 0 Å². The summed E-state index contributed by atoms with van der Waals surface area (Å²) < 4.78 is 15.2. The van der Waals surface area contributed by atoms with E-state index in [0.717, 1.165) is 31.3 Å².